The quantitative estimate of drug-likeness (QED) is 0.406. The van der Waals surface area contributed by atoms with E-state index in [4.69, 9.17) is 4.74 Å². The number of hydrogen-bond donors (Lipinski definition) is 0. The van der Waals surface area contributed by atoms with Crippen LogP contribution in [0.2, 0.25) is 0 Å². The highest BCUT2D eigenvalue weighted by Crippen LogP contribution is 2.23. The van der Waals surface area contributed by atoms with Crippen molar-refractivity contribution in [1.82, 2.24) is 0 Å². The summed E-state index contributed by atoms with van der Waals surface area (Å²) in [6, 6.07) is 0. The number of ketones is 1. The monoisotopic (exact) mass is 126 g/mol. The molecule has 0 aliphatic carbocycles. The van der Waals surface area contributed by atoms with Gasteiger partial charge in [0, 0.05) is 0 Å². The van der Waals surface area contributed by atoms with E-state index in [9.17, 15) is 4.79 Å². The SMILES string of the molecule is C=C(C)C(=O)C1OC1C. The molecular weight excluding hydrogens is 116 g/mol. The van der Waals surface area contributed by atoms with Gasteiger partial charge >= 0.3 is 0 Å². The standard InChI is InChI=1S/C7H10O2/c1-4(2)6(8)7-5(3)9-7/h5,7H,1H2,2-3H3. The van der Waals surface area contributed by atoms with Gasteiger partial charge in [-0.25, -0.2) is 0 Å². The third-order valence-electron chi connectivity index (χ3n) is 1.39. The van der Waals surface area contributed by atoms with Crippen molar-refractivity contribution in [3.05, 3.63) is 12.2 Å². The van der Waals surface area contributed by atoms with Crippen LogP contribution in [0.25, 0.3) is 0 Å². The van der Waals surface area contributed by atoms with Crippen molar-refractivity contribution in [2.75, 3.05) is 0 Å². The Morgan fingerprint density at radius 1 is 1.67 bits per heavy atom. The Labute approximate surface area is 54.5 Å². The van der Waals surface area contributed by atoms with Gasteiger partial charge in [0.2, 0.25) is 0 Å². The first-order valence-corrected chi connectivity index (χ1v) is 2.98. The Bertz CT molecular complexity index is 160. The fraction of sp³-hybridized carbons (Fsp3) is 0.571. The molecule has 1 heterocycles. The Hall–Kier alpha value is -0.630. The highest BCUT2D eigenvalue weighted by molar-refractivity contribution is 5.99. The number of rotatable bonds is 2. The summed E-state index contributed by atoms with van der Waals surface area (Å²) in [6.45, 7) is 7.11. The van der Waals surface area contributed by atoms with Crippen molar-refractivity contribution in [3.8, 4) is 0 Å². The molecule has 2 heteroatoms. The second-order valence-electron chi connectivity index (χ2n) is 2.41. The maximum Gasteiger partial charge on any atom is 0.189 e. The van der Waals surface area contributed by atoms with Crippen molar-refractivity contribution in [1.29, 1.82) is 0 Å². The average Bonchev–Trinajstić information content (AvgIpc) is 2.44. The predicted octanol–water partition coefficient (Wildman–Crippen LogP) is 0.919. The molecule has 0 aromatic heterocycles. The van der Waals surface area contributed by atoms with E-state index < -0.39 is 0 Å². The molecule has 0 bridgehead atoms. The molecule has 50 valence electrons. The summed E-state index contributed by atoms with van der Waals surface area (Å²) >= 11 is 0. The number of Topliss-reactive ketones (excluding diaryl/α,β-unsaturated/α-hetero) is 1. The molecule has 1 aliphatic rings. The maximum absolute atomic E-state index is 10.9. The lowest BCUT2D eigenvalue weighted by molar-refractivity contribution is -0.116. The first-order chi connectivity index (χ1) is 4.13. The van der Waals surface area contributed by atoms with Gasteiger partial charge in [0.05, 0.1) is 6.10 Å². The molecule has 0 spiro atoms. The molecule has 0 aromatic rings. The van der Waals surface area contributed by atoms with Gasteiger partial charge < -0.3 is 4.74 Å². The lowest BCUT2D eigenvalue weighted by Crippen LogP contribution is -2.08. The van der Waals surface area contributed by atoms with Crippen LogP contribution < -0.4 is 0 Å². The second kappa shape index (κ2) is 1.95. The van der Waals surface area contributed by atoms with Crippen LogP contribution >= 0.6 is 0 Å². The summed E-state index contributed by atoms with van der Waals surface area (Å²) in [5, 5.41) is 0. The summed E-state index contributed by atoms with van der Waals surface area (Å²) < 4.78 is 4.93. The number of ether oxygens (including phenoxy) is 1. The van der Waals surface area contributed by atoms with Crippen LogP contribution in [0.3, 0.4) is 0 Å². The summed E-state index contributed by atoms with van der Waals surface area (Å²) in [5.41, 5.74) is 0.587. The van der Waals surface area contributed by atoms with Gasteiger partial charge in [-0.05, 0) is 19.4 Å². The molecule has 0 radical (unpaired) electrons. The lowest BCUT2D eigenvalue weighted by Gasteiger charge is -1.89. The zero-order valence-electron chi connectivity index (χ0n) is 5.68. The van der Waals surface area contributed by atoms with E-state index in [0.29, 0.717) is 5.57 Å². The van der Waals surface area contributed by atoms with E-state index in [2.05, 4.69) is 6.58 Å². The molecule has 0 N–H and O–H groups in total. The van der Waals surface area contributed by atoms with Gasteiger partial charge in [-0.3, -0.25) is 4.79 Å². The number of carbonyl (C=O) groups excluding carboxylic acids is 1. The fourth-order valence-corrected chi connectivity index (χ4v) is 0.704. The lowest BCUT2D eigenvalue weighted by atomic mass is 10.1. The van der Waals surface area contributed by atoms with E-state index in [0.717, 1.165) is 0 Å². The molecule has 1 aliphatic heterocycles. The minimum atomic E-state index is -0.178. The molecule has 2 nitrogen and oxygen atoms in total. The zero-order valence-corrected chi connectivity index (χ0v) is 5.68. The molecular formula is C7H10O2. The van der Waals surface area contributed by atoms with Crippen molar-refractivity contribution in [2.45, 2.75) is 26.1 Å². The van der Waals surface area contributed by atoms with Gasteiger partial charge in [0.15, 0.2) is 5.78 Å². The molecule has 2 unspecified atom stereocenters. The maximum atomic E-state index is 10.9. The van der Waals surface area contributed by atoms with E-state index in [-0.39, 0.29) is 18.0 Å². The van der Waals surface area contributed by atoms with E-state index in [1.807, 2.05) is 6.92 Å². The molecule has 0 aromatic carbocycles. The first-order valence-electron chi connectivity index (χ1n) is 2.98. The summed E-state index contributed by atoms with van der Waals surface area (Å²) in [6.07, 6.45) is -0.0586. The third-order valence-corrected chi connectivity index (χ3v) is 1.39. The van der Waals surface area contributed by atoms with E-state index >= 15 is 0 Å². The molecule has 0 saturated carbocycles. The molecule has 1 fully saturated rings. The number of hydrogen-bond acceptors (Lipinski definition) is 2. The minimum absolute atomic E-state index is 0.0440. The minimum Gasteiger partial charge on any atom is -0.361 e. The fourth-order valence-electron chi connectivity index (χ4n) is 0.704. The van der Waals surface area contributed by atoms with Crippen molar-refractivity contribution in [3.63, 3.8) is 0 Å². The van der Waals surface area contributed by atoms with E-state index in [1.54, 1.807) is 6.92 Å². The van der Waals surface area contributed by atoms with Crippen LogP contribution in [0.5, 0.6) is 0 Å². The van der Waals surface area contributed by atoms with Crippen LogP contribution in [-0.4, -0.2) is 18.0 Å². The third kappa shape index (κ3) is 1.19. The molecule has 9 heavy (non-hydrogen) atoms. The number of carbonyl (C=O) groups is 1. The zero-order chi connectivity index (χ0) is 7.02. The summed E-state index contributed by atoms with van der Waals surface area (Å²) in [5.74, 6) is 0.0440. The van der Waals surface area contributed by atoms with Crippen LogP contribution in [0.4, 0.5) is 0 Å². The highest BCUT2D eigenvalue weighted by atomic mass is 16.6. The number of epoxide rings is 1. The molecule has 1 saturated heterocycles. The highest BCUT2D eigenvalue weighted by Gasteiger charge is 2.40. The van der Waals surface area contributed by atoms with Crippen LogP contribution in [-0.2, 0) is 9.53 Å². The summed E-state index contributed by atoms with van der Waals surface area (Å²) in [7, 11) is 0. The summed E-state index contributed by atoms with van der Waals surface area (Å²) in [4.78, 5) is 10.9. The average molecular weight is 126 g/mol. The normalized spacial score (nSPS) is 31.8. The van der Waals surface area contributed by atoms with E-state index in [1.165, 1.54) is 0 Å². The van der Waals surface area contributed by atoms with Gasteiger partial charge in [0.1, 0.15) is 6.10 Å². The molecule has 1 rings (SSSR count). The smallest absolute Gasteiger partial charge is 0.189 e. The second-order valence-corrected chi connectivity index (χ2v) is 2.41. The Morgan fingerprint density at radius 2 is 2.11 bits per heavy atom. The van der Waals surface area contributed by atoms with Gasteiger partial charge in [-0.15, -0.1) is 0 Å². The largest absolute Gasteiger partial charge is 0.361 e. The predicted molar refractivity (Wildman–Crippen MR) is 34.2 cm³/mol. The Kier molecular flexibility index (Phi) is 1.41. The topological polar surface area (TPSA) is 29.6 Å². The van der Waals surface area contributed by atoms with Crippen LogP contribution in [0.1, 0.15) is 13.8 Å². The molecule has 0 amide bonds. The van der Waals surface area contributed by atoms with Crippen LogP contribution in [0, 0.1) is 0 Å². The Balaban J connectivity index is 2.46. The van der Waals surface area contributed by atoms with Gasteiger partial charge in [-0.1, -0.05) is 6.58 Å². The van der Waals surface area contributed by atoms with Gasteiger partial charge in [-0.2, -0.15) is 0 Å². The van der Waals surface area contributed by atoms with Crippen molar-refractivity contribution in [2.24, 2.45) is 0 Å². The van der Waals surface area contributed by atoms with Gasteiger partial charge in [0.25, 0.3) is 0 Å². The van der Waals surface area contributed by atoms with Crippen molar-refractivity contribution >= 4 is 5.78 Å². The van der Waals surface area contributed by atoms with Crippen molar-refractivity contribution < 1.29 is 9.53 Å². The Morgan fingerprint density at radius 3 is 2.22 bits per heavy atom. The van der Waals surface area contributed by atoms with Crippen LogP contribution in [0.15, 0.2) is 12.2 Å². The first kappa shape index (κ1) is 6.49. The molecule has 2 atom stereocenters.